The third kappa shape index (κ3) is 4.12. The van der Waals surface area contributed by atoms with Crippen LogP contribution in [0.25, 0.3) is 0 Å². The van der Waals surface area contributed by atoms with E-state index in [-0.39, 0.29) is 5.60 Å². The van der Waals surface area contributed by atoms with E-state index in [4.69, 9.17) is 14.2 Å². The van der Waals surface area contributed by atoms with Crippen LogP contribution in [0.1, 0.15) is 25.8 Å². The van der Waals surface area contributed by atoms with Gasteiger partial charge in [0.2, 0.25) is 0 Å². The molecule has 0 saturated heterocycles. The van der Waals surface area contributed by atoms with Gasteiger partial charge in [0.05, 0.1) is 13.2 Å². The van der Waals surface area contributed by atoms with Crippen LogP contribution in [0.15, 0.2) is 18.2 Å². The zero-order valence-electron chi connectivity index (χ0n) is 12.7. The van der Waals surface area contributed by atoms with Gasteiger partial charge in [-0.05, 0) is 32.9 Å². The van der Waals surface area contributed by atoms with Crippen molar-refractivity contribution in [2.24, 2.45) is 0 Å². The molecule has 0 aromatic heterocycles. The maximum absolute atomic E-state index is 5.98. The molecule has 0 saturated carbocycles. The minimum atomic E-state index is -0.122. The summed E-state index contributed by atoms with van der Waals surface area (Å²) in [5.74, 6) is 1.79. The van der Waals surface area contributed by atoms with Crippen LogP contribution in [0.4, 0.5) is 0 Å². The second-order valence-corrected chi connectivity index (χ2v) is 5.73. The lowest BCUT2D eigenvalue weighted by atomic mass is 10.0. The minimum Gasteiger partial charge on any atom is -0.490 e. The Morgan fingerprint density at radius 2 is 2.10 bits per heavy atom. The summed E-state index contributed by atoms with van der Waals surface area (Å²) < 4.78 is 16.8. The van der Waals surface area contributed by atoms with Gasteiger partial charge in [-0.25, -0.2) is 0 Å². The Morgan fingerprint density at radius 1 is 1.25 bits per heavy atom. The van der Waals surface area contributed by atoms with Crippen molar-refractivity contribution < 1.29 is 14.2 Å². The van der Waals surface area contributed by atoms with Crippen molar-refractivity contribution in [3.05, 3.63) is 23.8 Å². The third-order valence-corrected chi connectivity index (χ3v) is 3.29. The number of rotatable bonds is 8. The smallest absolute Gasteiger partial charge is 0.165 e. The highest BCUT2D eigenvalue weighted by Crippen LogP contribution is 2.41. The summed E-state index contributed by atoms with van der Waals surface area (Å²) in [7, 11) is 1.71. The zero-order chi connectivity index (χ0) is 14.4. The van der Waals surface area contributed by atoms with E-state index >= 15 is 0 Å². The van der Waals surface area contributed by atoms with Crippen LogP contribution in [0.3, 0.4) is 0 Å². The fraction of sp³-hybridized carbons (Fsp3) is 0.625. The topological polar surface area (TPSA) is 39.7 Å². The fourth-order valence-electron chi connectivity index (χ4n) is 2.38. The molecule has 1 aromatic carbocycles. The first-order valence-corrected chi connectivity index (χ1v) is 7.26. The summed E-state index contributed by atoms with van der Waals surface area (Å²) >= 11 is 0. The number of nitrogens with one attached hydrogen (secondary N) is 1. The van der Waals surface area contributed by atoms with Crippen molar-refractivity contribution in [3.63, 3.8) is 0 Å². The largest absolute Gasteiger partial charge is 0.490 e. The first-order chi connectivity index (χ1) is 9.62. The average Bonchev–Trinajstić information content (AvgIpc) is 2.72. The highest BCUT2D eigenvalue weighted by Gasteiger charge is 2.32. The molecule has 0 spiro atoms. The van der Waals surface area contributed by atoms with E-state index < -0.39 is 0 Å². The monoisotopic (exact) mass is 279 g/mol. The Balaban J connectivity index is 1.76. The molecule has 1 aromatic rings. The summed E-state index contributed by atoms with van der Waals surface area (Å²) in [5.41, 5.74) is 1.12. The van der Waals surface area contributed by atoms with Gasteiger partial charge >= 0.3 is 0 Å². The number of methoxy groups -OCH3 is 1. The third-order valence-electron chi connectivity index (χ3n) is 3.29. The lowest BCUT2D eigenvalue weighted by Gasteiger charge is -2.18. The van der Waals surface area contributed by atoms with Gasteiger partial charge in [0.25, 0.3) is 0 Å². The number of fused-ring (bicyclic) bond motifs is 1. The van der Waals surface area contributed by atoms with Crippen molar-refractivity contribution in [2.75, 3.05) is 33.4 Å². The molecule has 0 atom stereocenters. The molecule has 0 aliphatic carbocycles. The molecule has 4 heteroatoms. The van der Waals surface area contributed by atoms with Crippen LogP contribution in [0, 0.1) is 0 Å². The average molecular weight is 279 g/mol. The molecule has 2 rings (SSSR count). The SMILES string of the molecule is COCCNCCCOc1cccc2c1OC(C)(C)C2. The van der Waals surface area contributed by atoms with Gasteiger partial charge in [0.1, 0.15) is 5.60 Å². The van der Waals surface area contributed by atoms with E-state index in [9.17, 15) is 0 Å². The van der Waals surface area contributed by atoms with Crippen molar-refractivity contribution in [2.45, 2.75) is 32.3 Å². The number of para-hydroxylation sites is 1. The van der Waals surface area contributed by atoms with Crippen molar-refractivity contribution >= 4 is 0 Å². The van der Waals surface area contributed by atoms with Crippen LogP contribution in [0.2, 0.25) is 0 Å². The van der Waals surface area contributed by atoms with E-state index in [0.717, 1.165) is 44.0 Å². The second-order valence-electron chi connectivity index (χ2n) is 5.73. The summed E-state index contributed by atoms with van der Waals surface area (Å²) in [6.45, 7) is 7.47. The number of hydrogen-bond donors (Lipinski definition) is 1. The molecule has 0 fully saturated rings. The molecule has 112 valence electrons. The van der Waals surface area contributed by atoms with Gasteiger partial charge in [-0.1, -0.05) is 12.1 Å². The molecule has 0 radical (unpaired) electrons. The first-order valence-electron chi connectivity index (χ1n) is 7.26. The Hall–Kier alpha value is -1.26. The van der Waals surface area contributed by atoms with E-state index in [1.165, 1.54) is 5.56 Å². The van der Waals surface area contributed by atoms with Gasteiger partial charge in [-0.15, -0.1) is 0 Å². The predicted octanol–water partition coefficient (Wildman–Crippen LogP) is 2.41. The van der Waals surface area contributed by atoms with E-state index in [1.54, 1.807) is 7.11 Å². The molecule has 1 aliphatic heterocycles. The molecule has 4 nitrogen and oxygen atoms in total. The number of benzene rings is 1. The highest BCUT2D eigenvalue weighted by atomic mass is 16.5. The molecule has 1 aliphatic rings. The normalized spacial score (nSPS) is 15.8. The molecule has 20 heavy (non-hydrogen) atoms. The van der Waals surface area contributed by atoms with Crippen LogP contribution < -0.4 is 14.8 Å². The van der Waals surface area contributed by atoms with Crippen LogP contribution in [-0.4, -0.2) is 39.0 Å². The highest BCUT2D eigenvalue weighted by molar-refractivity contribution is 5.50. The van der Waals surface area contributed by atoms with Gasteiger partial charge in [-0.2, -0.15) is 0 Å². The molecule has 0 amide bonds. The maximum Gasteiger partial charge on any atom is 0.165 e. The number of ether oxygens (including phenoxy) is 3. The molecule has 1 N–H and O–H groups in total. The quantitative estimate of drug-likeness (QED) is 0.742. The van der Waals surface area contributed by atoms with E-state index in [1.807, 2.05) is 12.1 Å². The zero-order valence-corrected chi connectivity index (χ0v) is 12.7. The van der Waals surface area contributed by atoms with Gasteiger partial charge < -0.3 is 19.5 Å². The predicted molar refractivity (Wildman–Crippen MR) is 79.7 cm³/mol. The molecular formula is C16H25NO3. The summed E-state index contributed by atoms with van der Waals surface area (Å²) in [6.07, 6.45) is 1.91. The van der Waals surface area contributed by atoms with Crippen LogP contribution >= 0.6 is 0 Å². The Labute approximate surface area is 121 Å². The van der Waals surface area contributed by atoms with Gasteiger partial charge in [0.15, 0.2) is 11.5 Å². The van der Waals surface area contributed by atoms with Gasteiger partial charge in [0, 0.05) is 25.6 Å². The van der Waals surface area contributed by atoms with Crippen molar-refractivity contribution in [1.82, 2.24) is 5.32 Å². The minimum absolute atomic E-state index is 0.122. The standard InChI is InChI=1S/C16H25NO3/c1-16(2)12-13-6-4-7-14(15(13)20-16)19-10-5-8-17-9-11-18-3/h4,6-7,17H,5,8-12H2,1-3H3. The molecular weight excluding hydrogens is 254 g/mol. The van der Waals surface area contributed by atoms with E-state index in [0.29, 0.717) is 6.61 Å². The maximum atomic E-state index is 5.98. The molecule has 0 unspecified atom stereocenters. The Kier molecular flexibility index (Phi) is 5.26. The lowest BCUT2D eigenvalue weighted by molar-refractivity contribution is 0.132. The Bertz CT molecular complexity index is 432. The fourth-order valence-corrected chi connectivity index (χ4v) is 2.38. The first kappa shape index (κ1) is 15.1. The second kappa shape index (κ2) is 6.95. The van der Waals surface area contributed by atoms with Crippen molar-refractivity contribution in [1.29, 1.82) is 0 Å². The number of hydrogen-bond acceptors (Lipinski definition) is 4. The lowest BCUT2D eigenvalue weighted by Crippen LogP contribution is -2.24. The molecule has 1 heterocycles. The summed E-state index contributed by atoms with van der Waals surface area (Å²) in [5, 5.41) is 3.30. The van der Waals surface area contributed by atoms with Crippen LogP contribution in [0.5, 0.6) is 11.5 Å². The van der Waals surface area contributed by atoms with Crippen molar-refractivity contribution in [3.8, 4) is 11.5 Å². The molecule has 0 bridgehead atoms. The van der Waals surface area contributed by atoms with Crippen LogP contribution in [-0.2, 0) is 11.2 Å². The van der Waals surface area contributed by atoms with E-state index in [2.05, 4.69) is 25.2 Å². The summed E-state index contributed by atoms with van der Waals surface area (Å²) in [4.78, 5) is 0. The Morgan fingerprint density at radius 3 is 2.90 bits per heavy atom. The van der Waals surface area contributed by atoms with Gasteiger partial charge in [-0.3, -0.25) is 0 Å². The summed E-state index contributed by atoms with van der Waals surface area (Å²) in [6, 6.07) is 6.14.